The number of rotatable bonds is 4. The second kappa shape index (κ2) is 9.04. The van der Waals surface area contributed by atoms with Crippen LogP contribution in [0.25, 0.3) is 6.08 Å². The molecule has 1 unspecified atom stereocenters. The smallest absolute Gasteiger partial charge is 0.270 e. The quantitative estimate of drug-likeness (QED) is 0.353. The molecule has 2 aliphatic heterocycles. The summed E-state index contributed by atoms with van der Waals surface area (Å²) in [4.78, 5) is 29.7. The van der Waals surface area contributed by atoms with Gasteiger partial charge in [-0.05, 0) is 98.9 Å². The minimum atomic E-state index is -0.544. The molecule has 1 atom stereocenters. The Morgan fingerprint density at radius 3 is 2.56 bits per heavy atom. The van der Waals surface area contributed by atoms with E-state index in [0.717, 1.165) is 17.7 Å². The summed E-state index contributed by atoms with van der Waals surface area (Å²) in [5, 5.41) is 3.13. The van der Waals surface area contributed by atoms with Crippen molar-refractivity contribution in [2.45, 2.75) is 45.6 Å². The van der Waals surface area contributed by atoms with Gasteiger partial charge in [-0.15, -0.1) is 0 Å². The minimum absolute atomic E-state index is 0.00284. The van der Waals surface area contributed by atoms with E-state index >= 15 is 0 Å². The molecular formula is C26H28ClN3O3S. The lowest BCUT2D eigenvalue weighted by atomic mass is 9.80. The molecule has 6 nitrogen and oxygen atoms in total. The van der Waals surface area contributed by atoms with Crippen LogP contribution in [0.15, 0.2) is 42.0 Å². The molecule has 2 amide bonds. The molecule has 2 aliphatic rings. The van der Waals surface area contributed by atoms with Gasteiger partial charge in [-0.25, -0.2) is 0 Å². The first-order valence-corrected chi connectivity index (χ1v) is 12.0. The fourth-order valence-corrected chi connectivity index (χ4v) is 5.11. The van der Waals surface area contributed by atoms with Gasteiger partial charge in [0.25, 0.3) is 11.8 Å². The van der Waals surface area contributed by atoms with Crippen LogP contribution < -0.4 is 19.9 Å². The zero-order valence-electron chi connectivity index (χ0n) is 19.9. The standard InChI is InChI=1S/C26H28ClN3O3S/c1-6-33-18-9-7-17(8-10-18)30-24(32)20(23(31)28-25(30)34)12-16-11-19-15(2)14-26(3,4)29(5)22(19)13-21(16)27/h7-13,15H,6,14H2,1-5H3,(H,28,31,34)/b20-12-. The summed E-state index contributed by atoms with van der Waals surface area (Å²) in [6, 6.07) is 10.9. The molecule has 2 aromatic carbocycles. The third kappa shape index (κ3) is 4.30. The molecule has 4 rings (SSSR count). The number of ether oxygens (including phenoxy) is 1. The van der Waals surface area contributed by atoms with Gasteiger partial charge in [0, 0.05) is 23.3 Å². The second-order valence-corrected chi connectivity index (χ2v) is 10.1. The minimum Gasteiger partial charge on any atom is -0.494 e. The molecule has 0 bridgehead atoms. The van der Waals surface area contributed by atoms with E-state index < -0.39 is 11.8 Å². The van der Waals surface area contributed by atoms with E-state index in [-0.39, 0.29) is 16.2 Å². The van der Waals surface area contributed by atoms with Crippen molar-refractivity contribution >= 4 is 58.2 Å². The van der Waals surface area contributed by atoms with Gasteiger partial charge in [-0.3, -0.25) is 19.8 Å². The molecule has 2 aromatic rings. The Morgan fingerprint density at radius 2 is 1.91 bits per heavy atom. The number of thiocarbonyl (C=S) groups is 1. The number of anilines is 2. The third-order valence-corrected chi connectivity index (χ3v) is 7.17. The van der Waals surface area contributed by atoms with Crippen molar-refractivity contribution in [2.24, 2.45) is 0 Å². The van der Waals surface area contributed by atoms with Gasteiger partial charge in [0.05, 0.1) is 12.3 Å². The van der Waals surface area contributed by atoms with E-state index in [0.29, 0.717) is 34.5 Å². The van der Waals surface area contributed by atoms with Crippen molar-refractivity contribution in [3.8, 4) is 5.75 Å². The van der Waals surface area contributed by atoms with Gasteiger partial charge in [0.15, 0.2) is 5.11 Å². The lowest BCUT2D eigenvalue weighted by molar-refractivity contribution is -0.122. The highest BCUT2D eigenvalue weighted by Crippen LogP contribution is 2.44. The Morgan fingerprint density at radius 1 is 1.24 bits per heavy atom. The van der Waals surface area contributed by atoms with Gasteiger partial charge in [0.2, 0.25) is 0 Å². The van der Waals surface area contributed by atoms with E-state index in [1.807, 2.05) is 19.1 Å². The molecule has 1 saturated heterocycles. The van der Waals surface area contributed by atoms with Gasteiger partial charge < -0.3 is 9.64 Å². The fraction of sp³-hybridized carbons (Fsp3) is 0.346. The molecule has 1 fully saturated rings. The first-order valence-electron chi connectivity index (χ1n) is 11.2. The van der Waals surface area contributed by atoms with Crippen LogP contribution in [-0.4, -0.2) is 36.1 Å². The van der Waals surface area contributed by atoms with Crippen LogP contribution in [0.5, 0.6) is 5.75 Å². The van der Waals surface area contributed by atoms with Crippen molar-refractivity contribution in [3.05, 3.63) is 58.1 Å². The first kappa shape index (κ1) is 24.2. The summed E-state index contributed by atoms with van der Waals surface area (Å²) in [6.07, 6.45) is 2.53. The fourth-order valence-electron chi connectivity index (χ4n) is 4.62. The molecular weight excluding hydrogens is 470 g/mol. The highest BCUT2D eigenvalue weighted by atomic mass is 35.5. The zero-order chi connectivity index (χ0) is 24.8. The molecule has 34 heavy (non-hydrogen) atoms. The monoisotopic (exact) mass is 497 g/mol. The van der Waals surface area contributed by atoms with Crippen LogP contribution in [0.3, 0.4) is 0 Å². The maximum absolute atomic E-state index is 13.4. The van der Waals surface area contributed by atoms with Crippen LogP contribution in [0.1, 0.15) is 51.2 Å². The molecule has 0 radical (unpaired) electrons. The highest BCUT2D eigenvalue weighted by Gasteiger charge is 2.36. The van der Waals surface area contributed by atoms with Crippen LogP contribution >= 0.6 is 23.8 Å². The average molecular weight is 498 g/mol. The van der Waals surface area contributed by atoms with E-state index in [9.17, 15) is 9.59 Å². The maximum Gasteiger partial charge on any atom is 0.270 e. The number of hydrogen-bond acceptors (Lipinski definition) is 5. The van der Waals surface area contributed by atoms with Crippen molar-refractivity contribution in [3.63, 3.8) is 0 Å². The number of hydrogen-bond donors (Lipinski definition) is 1. The Kier molecular flexibility index (Phi) is 6.44. The summed E-state index contributed by atoms with van der Waals surface area (Å²) < 4.78 is 5.47. The summed E-state index contributed by atoms with van der Waals surface area (Å²) in [5.74, 6) is -0.0563. The van der Waals surface area contributed by atoms with Crippen LogP contribution in [0.4, 0.5) is 11.4 Å². The molecule has 178 valence electrons. The highest BCUT2D eigenvalue weighted by molar-refractivity contribution is 7.80. The molecule has 1 N–H and O–H groups in total. The predicted octanol–water partition coefficient (Wildman–Crippen LogP) is 5.29. The Hall–Kier alpha value is -2.90. The Labute approximate surface area is 210 Å². The molecule has 0 spiro atoms. The van der Waals surface area contributed by atoms with Crippen molar-refractivity contribution < 1.29 is 14.3 Å². The number of carbonyl (C=O) groups excluding carboxylic acids is 2. The van der Waals surface area contributed by atoms with E-state index in [1.165, 1.54) is 4.90 Å². The SMILES string of the molecule is CCOc1ccc(N2C(=O)/C(=C\c3cc4c(cc3Cl)N(C)C(C)(C)CC4C)C(=O)NC2=S)cc1. The van der Waals surface area contributed by atoms with Crippen LogP contribution in [0, 0.1) is 0 Å². The molecule has 0 aliphatic carbocycles. The summed E-state index contributed by atoms with van der Waals surface area (Å²) in [5.41, 5.74) is 3.34. The Bertz CT molecular complexity index is 1210. The van der Waals surface area contributed by atoms with Gasteiger partial charge in [-0.1, -0.05) is 18.5 Å². The zero-order valence-corrected chi connectivity index (χ0v) is 21.5. The van der Waals surface area contributed by atoms with E-state index in [1.54, 1.807) is 30.3 Å². The number of benzene rings is 2. The normalized spacial score (nSPS) is 20.9. The number of halogens is 1. The van der Waals surface area contributed by atoms with Crippen LogP contribution in [0.2, 0.25) is 5.02 Å². The summed E-state index contributed by atoms with van der Waals surface area (Å²) in [7, 11) is 2.06. The number of amides is 2. The van der Waals surface area contributed by atoms with Crippen LogP contribution in [-0.2, 0) is 9.59 Å². The summed E-state index contributed by atoms with van der Waals surface area (Å²) >= 11 is 11.9. The van der Waals surface area contributed by atoms with E-state index in [2.05, 4.69) is 38.0 Å². The third-order valence-electron chi connectivity index (χ3n) is 6.56. The number of nitrogens with one attached hydrogen (secondary N) is 1. The first-order chi connectivity index (χ1) is 16.0. The van der Waals surface area contributed by atoms with Gasteiger partial charge in [-0.2, -0.15) is 0 Å². The van der Waals surface area contributed by atoms with Crippen molar-refractivity contribution in [1.29, 1.82) is 0 Å². The predicted molar refractivity (Wildman–Crippen MR) is 141 cm³/mol. The van der Waals surface area contributed by atoms with Gasteiger partial charge >= 0.3 is 0 Å². The summed E-state index contributed by atoms with van der Waals surface area (Å²) in [6.45, 7) is 9.04. The molecule has 8 heteroatoms. The molecule has 2 heterocycles. The number of nitrogens with zero attached hydrogens (tertiary/aromatic N) is 2. The lowest BCUT2D eigenvalue weighted by Gasteiger charge is -2.45. The van der Waals surface area contributed by atoms with Crippen molar-refractivity contribution in [1.82, 2.24) is 5.32 Å². The Balaban J connectivity index is 1.72. The second-order valence-electron chi connectivity index (χ2n) is 9.29. The van der Waals surface area contributed by atoms with Crippen molar-refractivity contribution in [2.75, 3.05) is 23.5 Å². The number of carbonyl (C=O) groups is 2. The maximum atomic E-state index is 13.4. The largest absolute Gasteiger partial charge is 0.494 e. The number of fused-ring (bicyclic) bond motifs is 1. The topological polar surface area (TPSA) is 61.9 Å². The van der Waals surface area contributed by atoms with E-state index in [4.69, 9.17) is 28.6 Å². The van der Waals surface area contributed by atoms with Gasteiger partial charge in [0.1, 0.15) is 11.3 Å². The average Bonchev–Trinajstić information content (AvgIpc) is 2.76. The lowest BCUT2D eigenvalue weighted by Crippen LogP contribution is -2.54. The molecule has 0 aromatic heterocycles. The molecule has 0 saturated carbocycles.